The summed E-state index contributed by atoms with van der Waals surface area (Å²) in [5.41, 5.74) is 1.06. The summed E-state index contributed by atoms with van der Waals surface area (Å²) in [4.78, 5) is 4.12. The highest BCUT2D eigenvalue weighted by molar-refractivity contribution is 6.20. The summed E-state index contributed by atoms with van der Waals surface area (Å²) in [6.07, 6.45) is 2.69. The van der Waals surface area contributed by atoms with Crippen molar-refractivity contribution in [3.63, 3.8) is 0 Å². The van der Waals surface area contributed by atoms with E-state index in [0.29, 0.717) is 5.88 Å². The molecule has 1 unspecified atom stereocenters. The van der Waals surface area contributed by atoms with Crippen LogP contribution < -0.4 is 10.1 Å². The third kappa shape index (κ3) is 4.06. The van der Waals surface area contributed by atoms with Gasteiger partial charge in [-0.15, -0.1) is 11.6 Å². The van der Waals surface area contributed by atoms with E-state index in [0.717, 1.165) is 25.1 Å². The maximum atomic E-state index is 6.00. The Morgan fingerprint density at radius 3 is 3.07 bits per heavy atom. The van der Waals surface area contributed by atoms with Gasteiger partial charge in [-0.2, -0.15) is 0 Å². The molecule has 1 rings (SSSR count). The number of ether oxygens (including phenoxy) is 1. The molecule has 0 bridgehead atoms. The highest BCUT2D eigenvalue weighted by Crippen LogP contribution is 2.12. The van der Waals surface area contributed by atoms with Gasteiger partial charge in [0.1, 0.15) is 0 Å². The molecular formula is C11H17ClN2O. The van der Waals surface area contributed by atoms with Gasteiger partial charge in [0.05, 0.1) is 7.11 Å². The summed E-state index contributed by atoms with van der Waals surface area (Å²) < 4.78 is 5.15. The molecule has 0 aliphatic heterocycles. The minimum atomic E-state index is 0.188. The molecule has 0 aromatic carbocycles. The van der Waals surface area contributed by atoms with E-state index in [9.17, 15) is 0 Å². The number of halogens is 1. The molecule has 1 N–H and O–H groups in total. The van der Waals surface area contributed by atoms with Crippen molar-refractivity contribution in [2.45, 2.75) is 25.3 Å². The van der Waals surface area contributed by atoms with Crippen LogP contribution in [0.4, 0.5) is 0 Å². The first-order chi connectivity index (χ1) is 7.27. The number of aromatic nitrogens is 1. The SMILES string of the molecule is CCC(Cl)CNCc1cccnc1OC. The molecule has 1 atom stereocenters. The zero-order valence-electron chi connectivity index (χ0n) is 9.16. The lowest BCUT2D eigenvalue weighted by Crippen LogP contribution is -2.22. The molecule has 0 fully saturated rings. The predicted octanol–water partition coefficient (Wildman–Crippen LogP) is 2.20. The van der Waals surface area contributed by atoms with Crippen LogP contribution >= 0.6 is 11.6 Å². The van der Waals surface area contributed by atoms with Crippen molar-refractivity contribution in [1.82, 2.24) is 10.3 Å². The highest BCUT2D eigenvalue weighted by Gasteiger charge is 2.04. The van der Waals surface area contributed by atoms with Crippen molar-refractivity contribution in [3.05, 3.63) is 23.9 Å². The molecule has 1 heterocycles. The van der Waals surface area contributed by atoms with Crippen LogP contribution in [-0.4, -0.2) is 24.0 Å². The van der Waals surface area contributed by atoms with E-state index in [-0.39, 0.29) is 5.38 Å². The number of nitrogens with one attached hydrogen (secondary N) is 1. The van der Waals surface area contributed by atoms with E-state index in [1.165, 1.54) is 0 Å². The summed E-state index contributed by atoms with van der Waals surface area (Å²) in [7, 11) is 1.63. The molecule has 15 heavy (non-hydrogen) atoms. The molecule has 1 aromatic rings. The van der Waals surface area contributed by atoms with Crippen LogP contribution in [0.25, 0.3) is 0 Å². The van der Waals surface area contributed by atoms with E-state index in [4.69, 9.17) is 16.3 Å². The topological polar surface area (TPSA) is 34.2 Å². The third-order valence-corrected chi connectivity index (χ3v) is 2.63. The van der Waals surface area contributed by atoms with Gasteiger partial charge in [-0.3, -0.25) is 0 Å². The predicted molar refractivity (Wildman–Crippen MR) is 62.4 cm³/mol. The zero-order chi connectivity index (χ0) is 11.1. The lowest BCUT2D eigenvalue weighted by atomic mass is 10.2. The van der Waals surface area contributed by atoms with Crippen molar-refractivity contribution in [2.24, 2.45) is 0 Å². The average Bonchev–Trinajstić information content (AvgIpc) is 2.29. The lowest BCUT2D eigenvalue weighted by Gasteiger charge is -2.10. The van der Waals surface area contributed by atoms with E-state index >= 15 is 0 Å². The van der Waals surface area contributed by atoms with Gasteiger partial charge in [-0.1, -0.05) is 13.0 Å². The molecule has 0 radical (unpaired) electrons. The Kier molecular flexibility index (Phi) is 5.43. The summed E-state index contributed by atoms with van der Waals surface area (Å²) in [6, 6.07) is 3.89. The van der Waals surface area contributed by atoms with E-state index in [2.05, 4.69) is 17.2 Å². The van der Waals surface area contributed by atoms with Gasteiger partial charge < -0.3 is 10.1 Å². The molecule has 0 aliphatic rings. The standard InChI is InChI=1S/C11H17ClN2O/c1-3-10(12)8-13-7-9-5-4-6-14-11(9)15-2/h4-6,10,13H,3,7-8H2,1-2H3. The second-order valence-electron chi connectivity index (χ2n) is 3.31. The van der Waals surface area contributed by atoms with Crippen molar-refractivity contribution in [2.75, 3.05) is 13.7 Å². The fourth-order valence-electron chi connectivity index (χ4n) is 1.25. The molecular weight excluding hydrogens is 212 g/mol. The largest absolute Gasteiger partial charge is 0.481 e. The van der Waals surface area contributed by atoms with Crippen LogP contribution in [0.1, 0.15) is 18.9 Å². The van der Waals surface area contributed by atoms with Gasteiger partial charge in [-0.25, -0.2) is 4.98 Å². The first-order valence-electron chi connectivity index (χ1n) is 5.10. The molecule has 0 amide bonds. The maximum Gasteiger partial charge on any atom is 0.217 e. The molecule has 0 spiro atoms. The fourth-order valence-corrected chi connectivity index (χ4v) is 1.36. The van der Waals surface area contributed by atoms with Gasteiger partial charge in [0.15, 0.2) is 0 Å². The monoisotopic (exact) mass is 228 g/mol. The quantitative estimate of drug-likeness (QED) is 0.758. The summed E-state index contributed by atoms with van der Waals surface area (Å²) in [5, 5.41) is 3.46. The Morgan fingerprint density at radius 2 is 2.40 bits per heavy atom. The third-order valence-electron chi connectivity index (χ3n) is 2.17. The number of alkyl halides is 1. The van der Waals surface area contributed by atoms with Gasteiger partial charge in [0, 0.05) is 30.2 Å². The van der Waals surface area contributed by atoms with Crippen LogP contribution in [0.5, 0.6) is 5.88 Å². The molecule has 1 aromatic heterocycles. The lowest BCUT2D eigenvalue weighted by molar-refractivity contribution is 0.390. The Hall–Kier alpha value is -0.800. The number of hydrogen-bond donors (Lipinski definition) is 1. The highest BCUT2D eigenvalue weighted by atomic mass is 35.5. The van der Waals surface area contributed by atoms with Crippen LogP contribution in [0.15, 0.2) is 18.3 Å². The summed E-state index contributed by atoms with van der Waals surface area (Å²) in [5.74, 6) is 0.674. The van der Waals surface area contributed by atoms with Gasteiger partial charge >= 0.3 is 0 Å². The van der Waals surface area contributed by atoms with Crippen molar-refractivity contribution >= 4 is 11.6 Å². The number of hydrogen-bond acceptors (Lipinski definition) is 3. The Balaban J connectivity index is 2.43. The Labute approximate surface area is 95.8 Å². The van der Waals surface area contributed by atoms with Crippen molar-refractivity contribution in [3.8, 4) is 5.88 Å². The maximum absolute atomic E-state index is 6.00. The minimum absolute atomic E-state index is 0.188. The van der Waals surface area contributed by atoms with Crippen LogP contribution in [-0.2, 0) is 6.54 Å². The normalized spacial score (nSPS) is 12.5. The zero-order valence-corrected chi connectivity index (χ0v) is 9.92. The second kappa shape index (κ2) is 6.64. The van der Waals surface area contributed by atoms with E-state index < -0.39 is 0 Å². The smallest absolute Gasteiger partial charge is 0.217 e. The minimum Gasteiger partial charge on any atom is -0.481 e. The Bertz CT molecular complexity index is 294. The number of pyridine rings is 1. The second-order valence-corrected chi connectivity index (χ2v) is 3.93. The molecule has 0 saturated heterocycles. The van der Waals surface area contributed by atoms with Crippen molar-refractivity contribution in [1.29, 1.82) is 0 Å². The molecule has 0 saturated carbocycles. The van der Waals surface area contributed by atoms with Crippen LogP contribution in [0, 0.1) is 0 Å². The molecule has 84 valence electrons. The molecule has 3 nitrogen and oxygen atoms in total. The fraction of sp³-hybridized carbons (Fsp3) is 0.545. The Morgan fingerprint density at radius 1 is 1.60 bits per heavy atom. The van der Waals surface area contributed by atoms with Gasteiger partial charge in [-0.05, 0) is 12.5 Å². The molecule has 0 aliphatic carbocycles. The van der Waals surface area contributed by atoms with Crippen molar-refractivity contribution < 1.29 is 4.74 Å². The summed E-state index contributed by atoms with van der Waals surface area (Å²) >= 11 is 6.00. The molecule has 4 heteroatoms. The van der Waals surface area contributed by atoms with E-state index in [1.54, 1.807) is 13.3 Å². The number of rotatable bonds is 6. The first kappa shape index (κ1) is 12.3. The van der Waals surface area contributed by atoms with E-state index in [1.807, 2.05) is 12.1 Å². The average molecular weight is 229 g/mol. The van der Waals surface area contributed by atoms with Gasteiger partial charge in [0.2, 0.25) is 5.88 Å². The number of methoxy groups -OCH3 is 1. The summed E-state index contributed by atoms with van der Waals surface area (Å²) in [6.45, 7) is 3.61. The van der Waals surface area contributed by atoms with Crippen LogP contribution in [0.2, 0.25) is 0 Å². The van der Waals surface area contributed by atoms with Crippen LogP contribution in [0.3, 0.4) is 0 Å². The number of nitrogens with zero attached hydrogens (tertiary/aromatic N) is 1. The first-order valence-corrected chi connectivity index (χ1v) is 5.54. The van der Waals surface area contributed by atoms with Gasteiger partial charge in [0.25, 0.3) is 0 Å².